The number of amides is 2. The summed E-state index contributed by atoms with van der Waals surface area (Å²) in [6.07, 6.45) is 1.67. The Morgan fingerprint density at radius 3 is 2.88 bits per heavy atom. The predicted octanol–water partition coefficient (Wildman–Crippen LogP) is 3.70. The molecule has 0 bridgehead atoms. The molecule has 3 rings (SSSR count). The van der Waals surface area contributed by atoms with Crippen LogP contribution in [0.3, 0.4) is 0 Å². The van der Waals surface area contributed by atoms with Crippen LogP contribution >= 0.6 is 11.3 Å². The van der Waals surface area contributed by atoms with Crippen LogP contribution in [0.4, 0.5) is 11.4 Å². The minimum Gasteiger partial charge on any atom is -0.375 e. The predicted molar refractivity (Wildman–Crippen MR) is 107 cm³/mol. The van der Waals surface area contributed by atoms with E-state index in [9.17, 15) is 9.59 Å². The standard InChI is InChI=1S/C20H25N3O2S/c1-3-22(2)17-9-4-8-16(13-17)21-19(24)15-7-5-11-23(14-15)20(25)18-10-6-12-26-18/h4,6,8-10,12-13,15H,3,5,7,11,14H2,1-2H3,(H,21,24)/t15-/m0/s1. The van der Waals surface area contributed by atoms with Crippen LogP contribution in [0.1, 0.15) is 29.4 Å². The molecule has 1 aromatic carbocycles. The van der Waals surface area contributed by atoms with Gasteiger partial charge in [0.1, 0.15) is 0 Å². The van der Waals surface area contributed by atoms with Gasteiger partial charge in [0.2, 0.25) is 5.91 Å². The van der Waals surface area contributed by atoms with Gasteiger partial charge in [-0.05, 0) is 49.4 Å². The summed E-state index contributed by atoms with van der Waals surface area (Å²) in [5.41, 5.74) is 1.87. The van der Waals surface area contributed by atoms with Crippen LogP contribution in [0.5, 0.6) is 0 Å². The molecular formula is C20H25N3O2S. The first-order valence-electron chi connectivity index (χ1n) is 9.03. The average molecular weight is 372 g/mol. The highest BCUT2D eigenvalue weighted by molar-refractivity contribution is 7.12. The Bertz CT molecular complexity index is 760. The summed E-state index contributed by atoms with van der Waals surface area (Å²) in [6, 6.07) is 11.6. The van der Waals surface area contributed by atoms with E-state index < -0.39 is 0 Å². The Morgan fingerprint density at radius 1 is 1.31 bits per heavy atom. The van der Waals surface area contributed by atoms with Crippen LogP contribution in [-0.4, -0.2) is 43.4 Å². The summed E-state index contributed by atoms with van der Waals surface area (Å²) in [5, 5.41) is 4.93. The van der Waals surface area contributed by atoms with E-state index in [0.717, 1.165) is 42.2 Å². The van der Waals surface area contributed by atoms with E-state index in [1.165, 1.54) is 11.3 Å². The van der Waals surface area contributed by atoms with E-state index in [2.05, 4.69) is 17.1 Å². The lowest BCUT2D eigenvalue weighted by molar-refractivity contribution is -0.121. The van der Waals surface area contributed by atoms with Crippen molar-refractivity contribution in [1.29, 1.82) is 0 Å². The molecular weight excluding hydrogens is 346 g/mol. The highest BCUT2D eigenvalue weighted by Gasteiger charge is 2.29. The average Bonchev–Trinajstić information content (AvgIpc) is 3.22. The number of thiophene rings is 1. The Kier molecular flexibility index (Phi) is 5.93. The van der Waals surface area contributed by atoms with Gasteiger partial charge in [0, 0.05) is 38.1 Å². The quantitative estimate of drug-likeness (QED) is 0.872. The highest BCUT2D eigenvalue weighted by Crippen LogP contribution is 2.23. The summed E-state index contributed by atoms with van der Waals surface area (Å²) in [7, 11) is 2.02. The molecule has 1 N–H and O–H groups in total. The molecule has 5 nitrogen and oxygen atoms in total. The number of hydrogen-bond acceptors (Lipinski definition) is 4. The summed E-state index contributed by atoms with van der Waals surface area (Å²) >= 11 is 1.45. The molecule has 0 aliphatic carbocycles. The number of hydrogen-bond donors (Lipinski definition) is 1. The number of nitrogens with zero attached hydrogens (tertiary/aromatic N) is 2. The van der Waals surface area contributed by atoms with Gasteiger partial charge in [-0.15, -0.1) is 11.3 Å². The number of piperidine rings is 1. The van der Waals surface area contributed by atoms with Gasteiger partial charge in [-0.2, -0.15) is 0 Å². The van der Waals surface area contributed by atoms with E-state index in [4.69, 9.17) is 0 Å². The van der Waals surface area contributed by atoms with Crippen molar-refractivity contribution >= 4 is 34.5 Å². The number of benzene rings is 1. The van der Waals surface area contributed by atoms with Crippen LogP contribution in [0.25, 0.3) is 0 Å². The molecule has 0 saturated carbocycles. The molecule has 1 aliphatic heterocycles. The monoisotopic (exact) mass is 371 g/mol. The molecule has 2 aromatic rings. The summed E-state index contributed by atoms with van der Waals surface area (Å²) in [6.45, 7) is 4.20. The van der Waals surface area contributed by atoms with Crippen LogP contribution in [0, 0.1) is 5.92 Å². The van der Waals surface area contributed by atoms with E-state index in [1.54, 1.807) is 4.90 Å². The smallest absolute Gasteiger partial charge is 0.263 e. The second-order valence-electron chi connectivity index (χ2n) is 6.62. The maximum Gasteiger partial charge on any atom is 0.263 e. The summed E-state index contributed by atoms with van der Waals surface area (Å²) in [4.78, 5) is 29.9. The van der Waals surface area contributed by atoms with E-state index in [-0.39, 0.29) is 17.7 Å². The van der Waals surface area contributed by atoms with Gasteiger partial charge < -0.3 is 15.1 Å². The third-order valence-corrected chi connectivity index (χ3v) is 5.70. The SMILES string of the molecule is CCN(C)c1cccc(NC(=O)[C@H]2CCCN(C(=O)c3cccs3)C2)c1. The number of likely N-dealkylation sites (tertiary alicyclic amines) is 1. The van der Waals surface area contributed by atoms with Gasteiger partial charge in [-0.25, -0.2) is 0 Å². The zero-order chi connectivity index (χ0) is 18.5. The summed E-state index contributed by atoms with van der Waals surface area (Å²) < 4.78 is 0. The van der Waals surface area contributed by atoms with Crippen molar-refractivity contribution in [1.82, 2.24) is 4.90 Å². The fourth-order valence-electron chi connectivity index (χ4n) is 3.18. The van der Waals surface area contributed by atoms with Crippen molar-refractivity contribution in [2.24, 2.45) is 5.92 Å². The highest BCUT2D eigenvalue weighted by atomic mass is 32.1. The second kappa shape index (κ2) is 8.36. The number of anilines is 2. The lowest BCUT2D eigenvalue weighted by Crippen LogP contribution is -2.43. The summed E-state index contributed by atoms with van der Waals surface area (Å²) in [5.74, 6) is -0.144. The minimum absolute atomic E-state index is 0.00928. The Hall–Kier alpha value is -2.34. The van der Waals surface area contributed by atoms with E-state index in [1.807, 2.05) is 48.8 Å². The molecule has 1 aromatic heterocycles. The van der Waals surface area contributed by atoms with Gasteiger partial charge in [0.15, 0.2) is 0 Å². The molecule has 1 aliphatic rings. The molecule has 0 spiro atoms. The van der Waals surface area contributed by atoms with Crippen LogP contribution in [0.15, 0.2) is 41.8 Å². The zero-order valence-electron chi connectivity index (χ0n) is 15.3. The topological polar surface area (TPSA) is 52.7 Å². The number of carbonyl (C=O) groups excluding carboxylic acids is 2. The second-order valence-corrected chi connectivity index (χ2v) is 7.57. The molecule has 138 valence electrons. The normalized spacial score (nSPS) is 17.0. The van der Waals surface area contributed by atoms with Gasteiger partial charge >= 0.3 is 0 Å². The van der Waals surface area contributed by atoms with Crippen molar-refractivity contribution in [2.75, 3.05) is 36.9 Å². The Morgan fingerprint density at radius 2 is 2.15 bits per heavy atom. The van der Waals surface area contributed by atoms with Gasteiger partial charge in [0.05, 0.1) is 10.8 Å². The van der Waals surface area contributed by atoms with Crippen LogP contribution in [0.2, 0.25) is 0 Å². The van der Waals surface area contributed by atoms with Crippen molar-refractivity contribution in [2.45, 2.75) is 19.8 Å². The molecule has 0 radical (unpaired) electrons. The van der Waals surface area contributed by atoms with Crippen molar-refractivity contribution in [3.05, 3.63) is 46.7 Å². The number of rotatable bonds is 5. The van der Waals surface area contributed by atoms with Gasteiger partial charge in [-0.1, -0.05) is 12.1 Å². The third kappa shape index (κ3) is 4.25. The zero-order valence-corrected chi connectivity index (χ0v) is 16.1. The van der Waals surface area contributed by atoms with Crippen molar-refractivity contribution < 1.29 is 9.59 Å². The Labute approximate surface area is 158 Å². The minimum atomic E-state index is -0.166. The van der Waals surface area contributed by atoms with Crippen LogP contribution in [-0.2, 0) is 4.79 Å². The number of nitrogens with one attached hydrogen (secondary N) is 1. The molecule has 1 atom stereocenters. The van der Waals surface area contributed by atoms with E-state index in [0.29, 0.717) is 6.54 Å². The first-order valence-corrected chi connectivity index (χ1v) is 9.91. The maximum atomic E-state index is 12.7. The first kappa shape index (κ1) is 18.5. The molecule has 1 fully saturated rings. The molecule has 1 saturated heterocycles. The fourth-order valence-corrected chi connectivity index (χ4v) is 3.87. The fraction of sp³-hybridized carbons (Fsp3) is 0.400. The molecule has 26 heavy (non-hydrogen) atoms. The maximum absolute atomic E-state index is 12.7. The van der Waals surface area contributed by atoms with E-state index >= 15 is 0 Å². The van der Waals surface area contributed by atoms with Gasteiger partial charge in [-0.3, -0.25) is 9.59 Å². The van der Waals surface area contributed by atoms with Gasteiger partial charge in [0.25, 0.3) is 5.91 Å². The molecule has 0 unspecified atom stereocenters. The number of carbonyl (C=O) groups is 2. The molecule has 2 heterocycles. The molecule has 2 amide bonds. The lowest BCUT2D eigenvalue weighted by atomic mass is 9.97. The first-order chi connectivity index (χ1) is 12.6. The third-order valence-electron chi connectivity index (χ3n) is 4.84. The largest absolute Gasteiger partial charge is 0.375 e. The van der Waals surface area contributed by atoms with Crippen molar-refractivity contribution in [3.63, 3.8) is 0 Å². The van der Waals surface area contributed by atoms with Crippen molar-refractivity contribution in [3.8, 4) is 0 Å². The lowest BCUT2D eigenvalue weighted by Gasteiger charge is -2.31. The van der Waals surface area contributed by atoms with Crippen LogP contribution < -0.4 is 10.2 Å². The Balaban J connectivity index is 1.63. The molecule has 6 heteroatoms.